The number of rotatable bonds is 9. The number of aliphatic hydroxyl groups excluding tert-OH is 4. The number of nitrogens with zero attached hydrogens (tertiary/aromatic N) is 1. The van der Waals surface area contributed by atoms with Crippen molar-refractivity contribution >= 4 is 23.2 Å². The van der Waals surface area contributed by atoms with Gasteiger partial charge in [0.05, 0.1) is 29.5 Å². The zero-order valence-electron chi connectivity index (χ0n) is 20.4. The van der Waals surface area contributed by atoms with Crippen LogP contribution in [0.4, 0.5) is 5.69 Å². The Morgan fingerprint density at radius 3 is 2.67 bits per heavy atom. The van der Waals surface area contributed by atoms with E-state index in [0.717, 1.165) is 45.5 Å². The first-order valence-corrected chi connectivity index (χ1v) is 12.8. The number of carbonyl (C=O) groups is 1. The third-order valence-corrected chi connectivity index (χ3v) is 7.40. The van der Waals surface area contributed by atoms with Crippen LogP contribution in [0.5, 0.6) is 5.75 Å². The predicted molar refractivity (Wildman–Crippen MR) is 131 cm³/mol. The number of likely N-dealkylation sites (tertiary alicyclic amines) is 1. The summed E-state index contributed by atoms with van der Waals surface area (Å²) in [4.78, 5) is 15.6. The molecule has 3 heterocycles. The number of nitrogens with one attached hydrogen (secondary N) is 2. The van der Waals surface area contributed by atoms with E-state index >= 15 is 0 Å². The number of ether oxygens (including phenoxy) is 3. The number of piperidine rings is 1. The number of hydrogen-bond acceptors (Lipinski definition) is 10. The van der Waals surface area contributed by atoms with E-state index in [-0.39, 0.29) is 17.0 Å². The Bertz CT molecular complexity index is 912. The molecule has 12 heteroatoms. The summed E-state index contributed by atoms with van der Waals surface area (Å²) in [6.07, 6.45) is -3.48. The van der Waals surface area contributed by atoms with E-state index in [4.69, 9.17) is 25.8 Å². The van der Waals surface area contributed by atoms with Crippen molar-refractivity contribution in [3.8, 4) is 5.75 Å². The van der Waals surface area contributed by atoms with Gasteiger partial charge in [-0.15, -0.1) is 0 Å². The van der Waals surface area contributed by atoms with Crippen molar-refractivity contribution in [3.05, 3.63) is 22.2 Å². The molecule has 0 aliphatic carbocycles. The molecule has 0 radical (unpaired) electrons. The first-order valence-electron chi connectivity index (χ1n) is 12.4. The Morgan fingerprint density at radius 1 is 1.22 bits per heavy atom. The van der Waals surface area contributed by atoms with E-state index in [1.54, 1.807) is 7.11 Å². The van der Waals surface area contributed by atoms with E-state index in [9.17, 15) is 25.2 Å². The van der Waals surface area contributed by atoms with Gasteiger partial charge in [-0.3, -0.25) is 4.79 Å². The van der Waals surface area contributed by atoms with E-state index in [1.165, 1.54) is 6.07 Å². The standard InChI is InChI=1S/C24H36ClN3O8/c1-34-9-2-6-28-7-3-13(4-8-28)26-23(33)15-11-16(25)18(14-5-10-35-22(14)15)27-24-21(32)20(31)19(30)17(12-29)36-24/h11,13,17,19-21,24,27,29-32H,2-10,12H2,1H3,(H,26,33)/t17-,19+,20+,21-,24-/m1/s1. The van der Waals surface area contributed by atoms with Crippen LogP contribution < -0.4 is 15.4 Å². The molecule has 11 nitrogen and oxygen atoms in total. The molecule has 1 amide bonds. The minimum absolute atomic E-state index is 0.0546. The third kappa shape index (κ3) is 5.89. The fourth-order valence-electron chi connectivity index (χ4n) is 5.03. The van der Waals surface area contributed by atoms with Gasteiger partial charge in [0, 0.05) is 51.4 Å². The highest BCUT2D eigenvalue weighted by Gasteiger charge is 2.44. The van der Waals surface area contributed by atoms with Gasteiger partial charge < -0.3 is 50.2 Å². The Hall–Kier alpha value is -1.70. The fourth-order valence-corrected chi connectivity index (χ4v) is 5.31. The Morgan fingerprint density at radius 2 is 1.97 bits per heavy atom. The largest absolute Gasteiger partial charge is 0.492 e. The second-order valence-electron chi connectivity index (χ2n) is 9.52. The van der Waals surface area contributed by atoms with Crippen molar-refractivity contribution in [2.24, 2.45) is 0 Å². The van der Waals surface area contributed by atoms with Gasteiger partial charge in [0.2, 0.25) is 0 Å². The first kappa shape index (κ1) is 27.3. The van der Waals surface area contributed by atoms with Crippen LogP contribution in [0.2, 0.25) is 5.02 Å². The Kier molecular flexibility index (Phi) is 9.29. The van der Waals surface area contributed by atoms with E-state index < -0.39 is 37.3 Å². The molecule has 0 bridgehead atoms. The highest BCUT2D eigenvalue weighted by molar-refractivity contribution is 6.34. The molecule has 0 aromatic heterocycles. The lowest BCUT2D eigenvalue weighted by Gasteiger charge is -2.40. The normalized spacial score (nSPS) is 29.0. The minimum Gasteiger partial charge on any atom is -0.492 e. The molecule has 1 aromatic rings. The Labute approximate surface area is 215 Å². The molecule has 0 spiro atoms. The van der Waals surface area contributed by atoms with Gasteiger partial charge >= 0.3 is 0 Å². The van der Waals surface area contributed by atoms with Crippen molar-refractivity contribution in [1.82, 2.24) is 10.2 Å². The third-order valence-electron chi connectivity index (χ3n) is 7.10. The molecular weight excluding hydrogens is 494 g/mol. The molecular formula is C24H36ClN3O8. The van der Waals surface area contributed by atoms with Crippen molar-refractivity contribution < 1.29 is 39.4 Å². The maximum Gasteiger partial charge on any atom is 0.255 e. The van der Waals surface area contributed by atoms with Crippen LogP contribution in [0, 0.1) is 0 Å². The van der Waals surface area contributed by atoms with Crippen molar-refractivity contribution in [1.29, 1.82) is 0 Å². The minimum atomic E-state index is -1.52. The molecule has 2 fully saturated rings. The monoisotopic (exact) mass is 529 g/mol. The number of anilines is 1. The van der Waals surface area contributed by atoms with Gasteiger partial charge in [-0.05, 0) is 25.3 Å². The number of benzene rings is 1. The zero-order valence-corrected chi connectivity index (χ0v) is 21.1. The molecule has 3 aliphatic rings. The molecule has 0 saturated carbocycles. The van der Waals surface area contributed by atoms with Gasteiger partial charge in [-0.2, -0.15) is 0 Å². The van der Waals surface area contributed by atoms with E-state index in [0.29, 0.717) is 35.6 Å². The second kappa shape index (κ2) is 12.2. The number of aliphatic hydroxyl groups is 4. The summed E-state index contributed by atoms with van der Waals surface area (Å²) in [5, 5.41) is 46.3. The lowest BCUT2D eigenvalue weighted by atomic mass is 9.97. The van der Waals surface area contributed by atoms with Gasteiger partial charge in [-0.1, -0.05) is 11.6 Å². The summed E-state index contributed by atoms with van der Waals surface area (Å²) in [6, 6.07) is 1.58. The predicted octanol–water partition coefficient (Wildman–Crippen LogP) is -0.283. The summed E-state index contributed by atoms with van der Waals surface area (Å²) >= 11 is 6.57. The molecule has 202 valence electrons. The average molecular weight is 530 g/mol. The van der Waals surface area contributed by atoms with Crippen LogP contribution in [-0.2, 0) is 15.9 Å². The number of amides is 1. The molecule has 4 rings (SSSR count). The number of methoxy groups -OCH3 is 1. The van der Waals surface area contributed by atoms with Crippen LogP contribution in [0.3, 0.4) is 0 Å². The zero-order chi connectivity index (χ0) is 25.8. The Balaban J connectivity index is 1.44. The van der Waals surface area contributed by atoms with Crippen LogP contribution in [0.25, 0.3) is 0 Å². The molecule has 2 saturated heterocycles. The summed E-state index contributed by atoms with van der Waals surface area (Å²) < 4.78 is 16.5. The lowest BCUT2D eigenvalue weighted by Crippen LogP contribution is -2.60. The smallest absolute Gasteiger partial charge is 0.255 e. The van der Waals surface area contributed by atoms with Crippen molar-refractivity contribution in [2.75, 3.05) is 51.9 Å². The topological polar surface area (TPSA) is 153 Å². The highest BCUT2D eigenvalue weighted by Crippen LogP contribution is 2.41. The van der Waals surface area contributed by atoms with Crippen molar-refractivity contribution in [2.45, 2.75) is 62.4 Å². The number of fused-ring (bicyclic) bond motifs is 1. The van der Waals surface area contributed by atoms with Gasteiger partial charge in [-0.25, -0.2) is 0 Å². The maximum atomic E-state index is 13.2. The summed E-state index contributed by atoms with van der Waals surface area (Å²) in [7, 11) is 1.70. The highest BCUT2D eigenvalue weighted by atomic mass is 35.5. The van der Waals surface area contributed by atoms with Gasteiger partial charge in [0.25, 0.3) is 5.91 Å². The average Bonchev–Trinajstić information content (AvgIpc) is 3.36. The molecule has 1 aromatic carbocycles. The molecule has 5 atom stereocenters. The van der Waals surface area contributed by atoms with Gasteiger partial charge in [0.15, 0.2) is 6.23 Å². The fraction of sp³-hybridized carbons (Fsp3) is 0.708. The van der Waals surface area contributed by atoms with Crippen molar-refractivity contribution in [3.63, 3.8) is 0 Å². The summed E-state index contributed by atoms with van der Waals surface area (Å²) in [5.74, 6) is 0.160. The molecule has 0 unspecified atom stereocenters. The lowest BCUT2D eigenvalue weighted by molar-refractivity contribution is -0.221. The second-order valence-corrected chi connectivity index (χ2v) is 9.92. The van der Waals surface area contributed by atoms with Gasteiger partial charge in [0.1, 0.15) is 30.2 Å². The quantitative estimate of drug-likeness (QED) is 0.235. The van der Waals surface area contributed by atoms with Crippen LogP contribution in [0.15, 0.2) is 6.07 Å². The summed E-state index contributed by atoms with van der Waals surface area (Å²) in [6.45, 7) is 3.36. The number of halogens is 1. The number of carbonyl (C=O) groups excluding carboxylic acids is 1. The first-order chi connectivity index (χ1) is 17.3. The SMILES string of the molecule is COCCCN1CCC(NC(=O)c2cc(Cl)c(N[C@@H]3O[C@H](CO)[C@H](O)[C@H](O)[C@H]3O)c3c2OCC3)CC1. The van der Waals surface area contributed by atoms with Crippen LogP contribution in [0.1, 0.15) is 35.2 Å². The van der Waals surface area contributed by atoms with E-state index in [1.807, 2.05) is 0 Å². The van der Waals surface area contributed by atoms with E-state index in [2.05, 4.69) is 15.5 Å². The van der Waals surface area contributed by atoms with Crippen LogP contribution in [-0.4, -0.2) is 114 Å². The molecule has 6 N–H and O–H groups in total. The molecule has 3 aliphatic heterocycles. The van der Waals surface area contributed by atoms with Crippen LogP contribution >= 0.6 is 11.6 Å². The maximum absolute atomic E-state index is 13.2. The molecule has 36 heavy (non-hydrogen) atoms. The summed E-state index contributed by atoms with van der Waals surface area (Å²) in [5.41, 5.74) is 1.42. The number of hydrogen-bond donors (Lipinski definition) is 6.